The summed E-state index contributed by atoms with van der Waals surface area (Å²) < 4.78 is 91.6. The van der Waals surface area contributed by atoms with Crippen LogP contribution in [-0.4, -0.2) is 17.4 Å². The van der Waals surface area contributed by atoms with Gasteiger partial charge in [-0.1, -0.05) is 12.1 Å². The number of nitriles is 1. The van der Waals surface area contributed by atoms with Gasteiger partial charge in [0.05, 0.1) is 11.6 Å². The molecular formula is C18H11F7NS. The van der Waals surface area contributed by atoms with Crippen molar-refractivity contribution in [3.05, 3.63) is 53.1 Å². The van der Waals surface area contributed by atoms with Gasteiger partial charge in [-0.2, -0.15) is 36.0 Å². The third-order valence-electron chi connectivity index (χ3n) is 3.62. The Morgan fingerprint density at radius 3 is 2.00 bits per heavy atom. The van der Waals surface area contributed by atoms with Gasteiger partial charge in [-0.25, -0.2) is 0 Å². The minimum Gasteiger partial charge on any atom is -0.192 e. The molecule has 143 valence electrons. The molecule has 0 fully saturated rings. The molecule has 0 unspecified atom stereocenters. The van der Waals surface area contributed by atoms with E-state index in [1.54, 1.807) is 0 Å². The smallest absolute Gasteiger partial charge is 0.192 e. The summed E-state index contributed by atoms with van der Waals surface area (Å²) in [5.74, 6) is -6.21. The van der Waals surface area contributed by atoms with Crippen molar-refractivity contribution in [1.82, 2.24) is 0 Å². The molecule has 0 atom stereocenters. The van der Waals surface area contributed by atoms with Gasteiger partial charge < -0.3 is 0 Å². The molecule has 0 aliphatic rings. The number of halogens is 7. The Morgan fingerprint density at radius 2 is 1.52 bits per heavy atom. The summed E-state index contributed by atoms with van der Waals surface area (Å²) >= 11 is -0.849. The summed E-state index contributed by atoms with van der Waals surface area (Å²) in [4.78, 5) is -0.442. The van der Waals surface area contributed by atoms with Gasteiger partial charge in [0, 0.05) is 4.90 Å². The summed E-state index contributed by atoms with van der Waals surface area (Å²) in [6.45, 7) is 2.93. The Hall–Kier alpha value is -2.21. The maximum Gasteiger partial charge on any atom is 0.460 e. The van der Waals surface area contributed by atoms with Crippen LogP contribution in [0.1, 0.15) is 16.7 Å². The predicted molar refractivity (Wildman–Crippen MR) is 86.7 cm³/mol. The quantitative estimate of drug-likeness (QED) is 0.426. The van der Waals surface area contributed by atoms with E-state index in [1.165, 1.54) is 38.1 Å². The Bertz CT molecular complexity index is 880. The van der Waals surface area contributed by atoms with Crippen molar-refractivity contribution >= 4 is 11.8 Å². The van der Waals surface area contributed by atoms with Gasteiger partial charge in [0.1, 0.15) is 0 Å². The Morgan fingerprint density at radius 1 is 0.963 bits per heavy atom. The number of thioether (sulfide) groups is 1. The molecule has 1 nitrogen and oxygen atoms in total. The second kappa shape index (κ2) is 7.08. The van der Waals surface area contributed by atoms with Gasteiger partial charge in [0.15, 0.2) is 0 Å². The lowest BCUT2D eigenvalue weighted by Gasteiger charge is -2.28. The Kier molecular flexibility index (Phi) is 5.53. The summed E-state index contributed by atoms with van der Waals surface area (Å²) in [5, 5.41) is 3.39. The molecule has 2 aromatic carbocycles. The van der Waals surface area contributed by atoms with Crippen LogP contribution in [0, 0.1) is 31.2 Å². The number of hydrogen-bond acceptors (Lipinski definition) is 2. The van der Waals surface area contributed by atoms with Crippen LogP contribution >= 0.6 is 11.8 Å². The van der Waals surface area contributed by atoms with E-state index in [9.17, 15) is 30.7 Å². The zero-order chi connectivity index (χ0) is 20.6. The van der Waals surface area contributed by atoms with Gasteiger partial charge in [0.25, 0.3) is 0 Å². The zero-order valence-electron chi connectivity index (χ0n) is 13.9. The standard InChI is InChI=1S/C18H11F7NS/c1-10-7-11(2)15(13-5-3-12(9-26)4-6-13)14(8-10)27-18(24,25)16(19,20)17(21,22)23/h3-6,8H,1-2H3. The molecule has 27 heavy (non-hydrogen) atoms. The molecule has 0 bridgehead atoms. The van der Waals surface area contributed by atoms with Crippen molar-refractivity contribution in [2.45, 2.75) is 36.1 Å². The largest absolute Gasteiger partial charge is 0.460 e. The maximum absolute atomic E-state index is 13.9. The van der Waals surface area contributed by atoms with Gasteiger partial charge in [-0.3, -0.25) is 0 Å². The van der Waals surface area contributed by atoms with Crippen LogP contribution in [0.15, 0.2) is 35.2 Å². The highest BCUT2D eigenvalue weighted by Crippen LogP contribution is 2.55. The first kappa shape index (κ1) is 21.1. The van der Waals surface area contributed by atoms with E-state index in [-0.39, 0.29) is 16.7 Å². The van der Waals surface area contributed by atoms with Crippen LogP contribution in [0.3, 0.4) is 0 Å². The first-order valence-electron chi connectivity index (χ1n) is 7.35. The Balaban J connectivity index is 2.58. The van der Waals surface area contributed by atoms with E-state index in [1.807, 2.05) is 6.07 Å². The highest BCUT2D eigenvalue weighted by Gasteiger charge is 2.73. The van der Waals surface area contributed by atoms with Crippen LogP contribution in [-0.2, 0) is 0 Å². The van der Waals surface area contributed by atoms with Crippen molar-refractivity contribution in [1.29, 1.82) is 5.26 Å². The van der Waals surface area contributed by atoms with E-state index in [4.69, 9.17) is 5.26 Å². The molecule has 0 aliphatic carbocycles. The summed E-state index contributed by atoms with van der Waals surface area (Å²) in [6.07, 6.45) is -6.40. The number of benzene rings is 2. The molecule has 2 rings (SSSR count). The van der Waals surface area contributed by atoms with Gasteiger partial charge in [0.2, 0.25) is 0 Å². The van der Waals surface area contributed by atoms with E-state index < -0.39 is 34.0 Å². The first-order chi connectivity index (χ1) is 12.3. The maximum atomic E-state index is 13.9. The monoisotopic (exact) mass is 406 g/mol. The molecule has 0 amide bonds. The third kappa shape index (κ3) is 4.05. The minimum absolute atomic E-state index is 0.0488. The van der Waals surface area contributed by atoms with Gasteiger partial charge in [-0.15, -0.1) is 0 Å². The molecule has 0 N–H and O–H groups in total. The molecular weight excluding hydrogens is 395 g/mol. The van der Waals surface area contributed by atoms with Crippen LogP contribution in [0.4, 0.5) is 30.7 Å². The van der Waals surface area contributed by atoms with Crippen LogP contribution in [0.2, 0.25) is 0 Å². The molecule has 9 heteroatoms. The van der Waals surface area contributed by atoms with Crippen LogP contribution in [0.5, 0.6) is 0 Å². The average molecular weight is 406 g/mol. The summed E-state index contributed by atoms with van der Waals surface area (Å²) in [5.41, 5.74) is 1.21. The van der Waals surface area contributed by atoms with E-state index >= 15 is 0 Å². The number of nitrogens with zero attached hydrogens (tertiary/aromatic N) is 1. The normalized spacial score (nSPS) is 12.7. The van der Waals surface area contributed by atoms with Crippen molar-refractivity contribution in [2.24, 2.45) is 0 Å². The molecule has 2 aromatic rings. The lowest BCUT2D eigenvalue weighted by molar-refractivity contribution is -0.330. The molecule has 0 heterocycles. The van der Waals surface area contributed by atoms with Crippen molar-refractivity contribution in [3.8, 4) is 17.2 Å². The number of aryl methyl sites for hydroxylation is 2. The fourth-order valence-corrected chi connectivity index (χ4v) is 3.49. The van der Waals surface area contributed by atoms with Crippen molar-refractivity contribution < 1.29 is 30.7 Å². The van der Waals surface area contributed by atoms with E-state index in [0.29, 0.717) is 11.1 Å². The highest BCUT2D eigenvalue weighted by atomic mass is 32.2. The SMILES string of the molecule is Cc1[c]c(C)c(-c2ccc(C#N)cc2)c(SC(F)(F)C(F)(F)C(F)(F)F)c1. The topological polar surface area (TPSA) is 23.8 Å². The fourth-order valence-electron chi connectivity index (χ4n) is 2.37. The van der Waals surface area contributed by atoms with Crippen molar-refractivity contribution in [3.63, 3.8) is 0 Å². The summed E-state index contributed by atoms with van der Waals surface area (Å²) in [6, 6.07) is 11.3. The fraction of sp³-hybridized carbons (Fsp3) is 0.278. The summed E-state index contributed by atoms with van der Waals surface area (Å²) in [7, 11) is 0. The second-order valence-electron chi connectivity index (χ2n) is 5.70. The number of alkyl halides is 7. The van der Waals surface area contributed by atoms with Crippen LogP contribution in [0.25, 0.3) is 11.1 Å². The second-order valence-corrected chi connectivity index (χ2v) is 6.85. The molecule has 0 aromatic heterocycles. The molecule has 1 radical (unpaired) electrons. The first-order valence-corrected chi connectivity index (χ1v) is 8.17. The predicted octanol–water partition coefficient (Wildman–Crippen LogP) is 6.52. The lowest BCUT2D eigenvalue weighted by Crippen LogP contribution is -2.49. The van der Waals surface area contributed by atoms with Gasteiger partial charge >= 0.3 is 17.4 Å². The number of rotatable bonds is 4. The molecule has 0 saturated carbocycles. The van der Waals surface area contributed by atoms with Gasteiger partial charge in [-0.05, 0) is 72.1 Å². The molecule has 0 aliphatic heterocycles. The zero-order valence-corrected chi connectivity index (χ0v) is 14.7. The minimum atomic E-state index is -6.40. The van der Waals surface area contributed by atoms with Crippen LogP contribution < -0.4 is 0 Å². The molecule has 0 spiro atoms. The van der Waals surface area contributed by atoms with E-state index in [0.717, 1.165) is 6.07 Å². The van der Waals surface area contributed by atoms with E-state index in [2.05, 4.69) is 6.07 Å². The number of hydrogen-bond donors (Lipinski definition) is 0. The Labute approximate surface area is 154 Å². The average Bonchev–Trinajstić information content (AvgIpc) is 2.53. The molecule has 0 saturated heterocycles. The highest BCUT2D eigenvalue weighted by molar-refractivity contribution is 8.00. The lowest BCUT2D eigenvalue weighted by atomic mass is 9.98. The van der Waals surface area contributed by atoms with Crippen molar-refractivity contribution in [2.75, 3.05) is 0 Å². The third-order valence-corrected chi connectivity index (χ3v) is 4.67.